The Hall–Kier alpha value is -2.81. The van der Waals surface area contributed by atoms with Crippen molar-refractivity contribution in [3.63, 3.8) is 0 Å². The van der Waals surface area contributed by atoms with Gasteiger partial charge in [-0.25, -0.2) is 4.39 Å². The fourth-order valence-electron chi connectivity index (χ4n) is 2.21. The molecule has 2 aromatic heterocycles. The van der Waals surface area contributed by atoms with Crippen LogP contribution in [0.5, 0.6) is 5.75 Å². The molecule has 0 atom stereocenters. The van der Waals surface area contributed by atoms with Gasteiger partial charge in [-0.1, -0.05) is 0 Å². The third-order valence-corrected chi connectivity index (χ3v) is 4.39. The Balaban J connectivity index is 1.52. The molecule has 0 bridgehead atoms. The highest BCUT2D eigenvalue weighted by molar-refractivity contribution is 7.12. The molecule has 9 heteroatoms. The molecule has 0 aliphatic carbocycles. The molecule has 0 saturated carbocycles. The Bertz CT molecular complexity index is 819. The predicted octanol–water partition coefficient (Wildman–Crippen LogP) is 2.40. The maximum Gasteiger partial charge on any atom is 0.265 e. The van der Waals surface area contributed by atoms with Gasteiger partial charge in [0.2, 0.25) is 0 Å². The average Bonchev–Trinajstić information content (AvgIpc) is 3.30. The largest absolute Gasteiger partial charge is 0.494 e. The van der Waals surface area contributed by atoms with Crippen molar-refractivity contribution in [1.82, 2.24) is 25.1 Å². The number of carbonyl (C=O) groups excluding carboxylic acids is 1. The number of carbonyl (C=O) groups is 1. The molecular weight excluding hydrogens is 345 g/mol. The summed E-state index contributed by atoms with van der Waals surface area (Å²) < 4.78 is 19.8. The Morgan fingerprint density at radius 1 is 1.32 bits per heavy atom. The zero-order chi connectivity index (χ0) is 17.6. The minimum Gasteiger partial charge on any atom is -0.494 e. The summed E-state index contributed by atoms with van der Waals surface area (Å²) in [6, 6.07) is 7.66. The molecule has 3 rings (SSSR count). The fourth-order valence-corrected chi connectivity index (χ4v) is 3.08. The summed E-state index contributed by atoms with van der Waals surface area (Å²) >= 11 is 1.35. The second kappa shape index (κ2) is 7.84. The van der Waals surface area contributed by atoms with Crippen LogP contribution in [-0.4, -0.2) is 51.2 Å². The second-order valence-electron chi connectivity index (χ2n) is 5.27. The van der Waals surface area contributed by atoms with Crippen molar-refractivity contribution in [1.29, 1.82) is 0 Å². The molecule has 0 N–H and O–H groups in total. The van der Waals surface area contributed by atoms with E-state index in [-0.39, 0.29) is 11.7 Å². The third-order valence-electron chi connectivity index (χ3n) is 3.50. The van der Waals surface area contributed by atoms with Crippen LogP contribution in [-0.2, 0) is 0 Å². The highest BCUT2D eigenvalue weighted by atomic mass is 32.1. The maximum atomic E-state index is 12.8. The first kappa shape index (κ1) is 17.0. The summed E-state index contributed by atoms with van der Waals surface area (Å²) in [6.07, 6.45) is 2.11. The molecule has 0 fully saturated rings. The van der Waals surface area contributed by atoms with Gasteiger partial charge in [-0.15, -0.1) is 16.4 Å². The van der Waals surface area contributed by atoms with Gasteiger partial charge in [0.1, 0.15) is 22.8 Å². The summed E-state index contributed by atoms with van der Waals surface area (Å²) in [6.45, 7) is 0.973. The van der Waals surface area contributed by atoms with E-state index in [4.69, 9.17) is 4.74 Å². The van der Waals surface area contributed by atoms with Gasteiger partial charge >= 0.3 is 0 Å². The Labute approximate surface area is 147 Å². The van der Waals surface area contributed by atoms with Crippen molar-refractivity contribution in [2.24, 2.45) is 0 Å². The average molecular weight is 361 g/mol. The van der Waals surface area contributed by atoms with Crippen molar-refractivity contribution in [2.75, 3.05) is 20.2 Å². The number of amides is 1. The van der Waals surface area contributed by atoms with Gasteiger partial charge in [0.05, 0.1) is 12.3 Å². The van der Waals surface area contributed by atoms with E-state index in [0.29, 0.717) is 35.9 Å². The molecule has 1 aromatic carbocycles. The highest BCUT2D eigenvalue weighted by Gasteiger charge is 2.19. The Morgan fingerprint density at radius 3 is 2.84 bits per heavy atom. The molecule has 7 nitrogen and oxygen atoms in total. The van der Waals surface area contributed by atoms with Gasteiger partial charge in [-0.05, 0) is 52.6 Å². The molecule has 1 amide bonds. The Morgan fingerprint density at radius 2 is 2.12 bits per heavy atom. The van der Waals surface area contributed by atoms with Crippen LogP contribution in [0.1, 0.15) is 16.1 Å². The standard InChI is InChI=1S/C16H16FN5O2S/c1-21(8-2-9-24-13-5-3-12(17)4-6-13)16(23)15-14(7-10-25-15)22-11-18-19-20-22/h3-7,10-11H,2,8-9H2,1H3. The quantitative estimate of drug-likeness (QED) is 0.604. The second-order valence-corrected chi connectivity index (χ2v) is 6.19. The van der Waals surface area contributed by atoms with Crippen LogP contribution < -0.4 is 4.74 Å². The molecule has 0 aliphatic rings. The van der Waals surface area contributed by atoms with Crippen LogP contribution in [0.2, 0.25) is 0 Å². The van der Waals surface area contributed by atoms with Crippen LogP contribution in [0.3, 0.4) is 0 Å². The van der Waals surface area contributed by atoms with Gasteiger partial charge in [0.25, 0.3) is 5.91 Å². The molecular formula is C16H16FN5O2S. The lowest BCUT2D eigenvalue weighted by Crippen LogP contribution is -2.28. The van der Waals surface area contributed by atoms with Crippen LogP contribution >= 0.6 is 11.3 Å². The van der Waals surface area contributed by atoms with Gasteiger partial charge < -0.3 is 9.64 Å². The summed E-state index contributed by atoms with van der Waals surface area (Å²) in [7, 11) is 1.74. The fraction of sp³-hybridized carbons (Fsp3) is 0.250. The highest BCUT2D eigenvalue weighted by Crippen LogP contribution is 2.21. The first-order valence-corrected chi connectivity index (χ1v) is 8.48. The van der Waals surface area contributed by atoms with E-state index in [9.17, 15) is 9.18 Å². The number of hydrogen-bond acceptors (Lipinski definition) is 6. The molecule has 2 heterocycles. The topological polar surface area (TPSA) is 73.1 Å². The van der Waals surface area contributed by atoms with Crippen molar-refractivity contribution in [3.05, 3.63) is 52.7 Å². The van der Waals surface area contributed by atoms with Crippen LogP contribution in [0.4, 0.5) is 4.39 Å². The number of thiophene rings is 1. The molecule has 0 saturated heterocycles. The summed E-state index contributed by atoms with van der Waals surface area (Å²) in [4.78, 5) is 14.8. The van der Waals surface area contributed by atoms with E-state index < -0.39 is 0 Å². The minimum atomic E-state index is -0.299. The minimum absolute atomic E-state index is 0.0951. The Kier molecular flexibility index (Phi) is 5.34. The molecule has 0 unspecified atom stereocenters. The molecule has 130 valence electrons. The third kappa shape index (κ3) is 4.18. The SMILES string of the molecule is CN(CCCOc1ccc(F)cc1)C(=O)c1sccc1-n1cnnn1. The first-order chi connectivity index (χ1) is 12.1. The van der Waals surface area contributed by atoms with Gasteiger partial charge in [-0.3, -0.25) is 4.79 Å². The number of halogens is 1. The molecule has 3 aromatic rings. The van der Waals surface area contributed by atoms with Crippen LogP contribution in [0.15, 0.2) is 42.0 Å². The number of benzene rings is 1. The van der Waals surface area contributed by atoms with Crippen molar-refractivity contribution in [3.8, 4) is 11.4 Å². The number of tetrazole rings is 1. The first-order valence-electron chi connectivity index (χ1n) is 7.60. The number of aromatic nitrogens is 4. The number of ether oxygens (including phenoxy) is 1. The molecule has 25 heavy (non-hydrogen) atoms. The van der Waals surface area contributed by atoms with Crippen LogP contribution in [0.25, 0.3) is 5.69 Å². The van der Waals surface area contributed by atoms with Gasteiger partial charge in [0, 0.05) is 13.6 Å². The smallest absolute Gasteiger partial charge is 0.265 e. The van der Waals surface area contributed by atoms with E-state index in [0.717, 1.165) is 0 Å². The van der Waals surface area contributed by atoms with E-state index >= 15 is 0 Å². The summed E-state index contributed by atoms with van der Waals surface area (Å²) in [5.41, 5.74) is 0.661. The lowest BCUT2D eigenvalue weighted by atomic mass is 10.3. The van der Waals surface area contributed by atoms with E-state index in [2.05, 4.69) is 15.5 Å². The zero-order valence-electron chi connectivity index (χ0n) is 13.5. The zero-order valence-corrected chi connectivity index (χ0v) is 14.3. The molecule has 0 aliphatic heterocycles. The number of rotatable bonds is 7. The summed E-state index contributed by atoms with van der Waals surface area (Å²) in [5.74, 6) is 0.212. The summed E-state index contributed by atoms with van der Waals surface area (Å²) in [5, 5.41) is 12.8. The van der Waals surface area contributed by atoms with Gasteiger partial charge in [0.15, 0.2) is 0 Å². The molecule has 0 radical (unpaired) electrons. The number of nitrogens with zero attached hydrogens (tertiary/aromatic N) is 5. The lowest BCUT2D eigenvalue weighted by molar-refractivity contribution is 0.0792. The molecule has 0 spiro atoms. The maximum absolute atomic E-state index is 12.8. The van der Waals surface area contributed by atoms with Gasteiger partial charge in [-0.2, -0.15) is 4.68 Å². The van der Waals surface area contributed by atoms with E-state index in [1.165, 1.54) is 34.5 Å². The van der Waals surface area contributed by atoms with Crippen LogP contribution in [0, 0.1) is 5.82 Å². The van der Waals surface area contributed by atoms with E-state index in [1.807, 2.05) is 5.38 Å². The van der Waals surface area contributed by atoms with Crippen molar-refractivity contribution >= 4 is 17.2 Å². The van der Waals surface area contributed by atoms with E-state index in [1.54, 1.807) is 30.1 Å². The predicted molar refractivity (Wildman–Crippen MR) is 90.5 cm³/mol. The normalized spacial score (nSPS) is 10.6. The van der Waals surface area contributed by atoms with Crippen molar-refractivity contribution < 1.29 is 13.9 Å². The van der Waals surface area contributed by atoms with Crippen molar-refractivity contribution in [2.45, 2.75) is 6.42 Å². The number of hydrogen-bond donors (Lipinski definition) is 0. The lowest BCUT2D eigenvalue weighted by Gasteiger charge is -2.17. The monoisotopic (exact) mass is 361 g/mol.